The van der Waals surface area contributed by atoms with E-state index in [2.05, 4.69) is 25.7 Å². The van der Waals surface area contributed by atoms with Crippen LogP contribution in [0.1, 0.15) is 33.6 Å². The molecule has 0 aromatic rings. The molecule has 0 aliphatic heterocycles. The zero-order chi connectivity index (χ0) is 11.0. The van der Waals surface area contributed by atoms with Crippen LogP contribution in [0.4, 0.5) is 0 Å². The predicted octanol–water partition coefficient (Wildman–Crippen LogP) is 1.47. The van der Waals surface area contributed by atoms with E-state index in [0.29, 0.717) is 12.1 Å². The molecule has 0 aromatic heterocycles. The molecule has 0 aliphatic rings. The van der Waals surface area contributed by atoms with Gasteiger partial charge in [0.05, 0.1) is 6.61 Å². The lowest BCUT2D eigenvalue weighted by Crippen LogP contribution is -2.42. The second kappa shape index (κ2) is 8.21. The van der Waals surface area contributed by atoms with Crippen LogP contribution in [0.3, 0.4) is 0 Å². The summed E-state index contributed by atoms with van der Waals surface area (Å²) in [7, 11) is 1.75. The van der Waals surface area contributed by atoms with Crippen molar-refractivity contribution in [3.05, 3.63) is 0 Å². The van der Waals surface area contributed by atoms with Crippen LogP contribution in [0, 0.1) is 0 Å². The quantitative estimate of drug-likeness (QED) is 0.648. The summed E-state index contributed by atoms with van der Waals surface area (Å²) in [6.07, 6.45) is 2.24. The van der Waals surface area contributed by atoms with E-state index in [1.165, 1.54) is 6.42 Å². The summed E-state index contributed by atoms with van der Waals surface area (Å²) in [6.45, 7) is 9.31. The molecule has 0 fully saturated rings. The Morgan fingerprint density at radius 3 is 2.36 bits per heavy atom. The Bertz CT molecular complexity index is 130. The molecule has 0 aliphatic carbocycles. The van der Waals surface area contributed by atoms with Crippen molar-refractivity contribution in [1.82, 2.24) is 4.90 Å². The lowest BCUT2D eigenvalue weighted by molar-refractivity contribution is 0.0916. The standard InChI is InChI=1S/C11H26N2O/c1-5-10(2)13(8-9-14-4)11(3)6-7-12/h10-11H,5-9,12H2,1-4H3. The number of ether oxygens (including phenoxy) is 1. The van der Waals surface area contributed by atoms with Crippen molar-refractivity contribution in [2.45, 2.75) is 45.7 Å². The molecule has 0 amide bonds. The fourth-order valence-electron chi connectivity index (χ4n) is 1.71. The highest BCUT2D eigenvalue weighted by atomic mass is 16.5. The highest BCUT2D eigenvalue weighted by Crippen LogP contribution is 2.10. The number of nitrogens with zero attached hydrogens (tertiary/aromatic N) is 1. The van der Waals surface area contributed by atoms with Gasteiger partial charge in [0.1, 0.15) is 0 Å². The van der Waals surface area contributed by atoms with Crippen molar-refractivity contribution in [1.29, 1.82) is 0 Å². The first kappa shape index (κ1) is 13.9. The van der Waals surface area contributed by atoms with Crippen molar-refractivity contribution in [3.63, 3.8) is 0 Å². The summed E-state index contributed by atoms with van der Waals surface area (Å²) in [5, 5.41) is 0. The lowest BCUT2D eigenvalue weighted by Gasteiger charge is -2.33. The number of methoxy groups -OCH3 is 1. The van der Waals surface area contributed by atoms with E-state index in [0.717, 1.165) is 26.1 Å². The summed E-state index contributed by atoms with van der Waals surface area (Å²) >= 11 is 0. The van der Waals surface area contributed by atoms with Crippen molar-refractivity contribution >= 4 is 0 Å². The summed E-state index contributed by atoms with van der Waals surface area (Å²) in [4.78, 5) is 2.48. The third-order valence-corrected chi connectivity index (χ3v) is 2.86. The van der Waals surface area contributed by atoms with Crippen LogP contribution in [0.15, 0.2) is 0 Å². The molecular formula is C11H26N2O. The van der Waals surface area contributed by atoms with Crippen LogP contribution in [0.2, 0.25) is 0 Å². The molecule has 2 unspecified atom stereocenters. The monoisotopic (exact) mass is 202 g/mol. The highest BCUT2D eigenvalue weighted by molar-refractivity contribution is 4.73. The smallest absolute Gasteiger partial charge is 0.0589 e. The van der Waals surface area contributed by atoms with Crippen LogP contribution < -0.4 is 5.73 Å². The van der Waals surface area contributed by atoms with Gasteiger partial charge >= 0.3 is 0 Å². The molecule has 86 valence electrons. The SMILES string of the molecule is CCC(C)N(CCOC)C(C)CCN. The molecule has 0 bridgehead atoms. The first-order valence-electron chi connectivity index (χ1n) is 5.62. The maximum Gasteiger partial charge on any atom is 0.0589 e. The van der Waals surface area contributed by atoms with E-state index in [4.69, 9.17) is 10.5 Å². The van der Waals surface area contributed by atoms with E-state index in [9.17, 15) is 0 Å². The van der Waals surface area contributed by atoms with Crippen LogP contribution in [0.5, 0.6) is 0 Å². The first-order valence-corrected chi connectivity index (χ1v) is 5.62. The molecule has 2 atom stereocenters. The topological polar surface area (TPSA) is 38.5 Å². The summed E-state index contributed by atoms with van der Waals surface area (Å²) < 4.78 is 5.12. The third-order valence-electron chi connectivity index (χ3n) is 2.86. The van der Waals surface area contributed by atoms with E-state index in [-0.39, 0.29) is 0 Å². The molecule has 0 radical (unpaired) electrons. The maximum absolute atomic E-state index is 5.58. The van der Waals surface area contributed by atoms with Crippen molar-refractivity contribution in [2.75, 3.05) is 26.8 Å². The largest absolute Gasteiger partial charge is 0.383 e. The van der Waals surface area contributed by atoms with Crippen LogP contribution >= 0.6 is 0 Å². The maximum atomic E-state index is 5.58. The number of nitrogens with two attached hydrogens (primary N) is 1. The minimum Gasteiger partial charge on any atom is -0.383 e. The van der Waals surface area contributed by atoms with E-state index in [1.807, 2.05) is 0 Å². The van der Waals surface area contributed by atoms with Gasteiger partial charge in [0.25, 0.3) is 0 Å². The zero-order valence-electron chi connectivity index (χ0n) is 10.1. The van der Waals surface area contributed by atoms with E-state index < -0.39 is 0 Å². The highest BCUT2D eigenvalue weighted by Gasteiger charge is 2.17. The number of hydrogen-bond donors (Lipinski definition) is 1. The summed E-state index contributed by atoms with van der Waals surface area (Å²) in [5.41, 5.74) is 5.58. The molecule has 3 nitrogen and oxygen atoms in total. The number of hydrogen-bond acceptors (Lipinski definition) is 3. The van der Waals surface area contributed by atoms with Gasteiger partial charge in [-0.2, -0.15) is 0 Å². The fourth-order valence-corrected chi connectivity index (χ4v) is 1.71. The van der Waals surface area contributed by atoms with Gasteiger partial charge in [0, 0.05) is 25.7 Å². The van der Waals surface area contributed by atoms with E-state index in [1.54, 1.807) is 7.11 Å². The van der Waals surface area contributed by atoms with Gasteiger partial charge in [-0.25, -0.2) is 0 Å². The van der Waals surface area contributed by atoms with Crippen LogP contribution in [0.25, 0.3) is 0 Å². The van der Waals surface area contributed by atoms with E-state index >= 15 is 0 Å². The van der Waals surface area contributed by atoms with Gasteiger partial charge < -0.3 is 10.5 Å². The molecule has 0 rings (SSSR count). The molecule has 0 spiro atoms. The van der Waals surface area contributed by atoms with Gasteiger partial charge in [0.2, 0.25) is 0 Å². The molecule has 0 heterocycles. The molecule has 3 heteroatoms. The first-order chi connectivity index (χ1) is 6.67. The average molecular weight is 202 g/mol. The predicted molar refractivity (Wildman–Crippen MR) is 61.5 cm³/mol. The van der Waals surface area contributed by atoms with Gasteiger partial charge in [-0.3, -0.25) is 4.90 Å². The second-order valence-corrected chi connectivity index (χ2v) is 3.91. The lowest BCUT2D eigenvalue weighted by atomic mass is 10.1. The minimum absolute atomic E-state index is 0.560. The molecule has 0 saturated heterocycles. The van der Waals surface area contributed by atoms with Crippen LogP contribution in [-0.4, -0.2) is 43.8 Å². The van der Waals surface area contributed by atoms with Crippen LogP contribution in [-0.2, 0) is 4.74 Å². The molecule has 14 heavy (non-hydrogen) atoms. The Balaban J connectivity index is 4.07. The second-order valence-electron chi connectivity index (χ2n) is 3.91. The molecule has 2 N–H and O–H groups in total. The van der Waals surface area contributed by atoms with Gasteiger partial charge in [-0.15, -0.1) is 0 Å². The molecule has 0 saturated carbocycles. The summed E-state index contributed by atoms with van der Waals surface area (Å²) in [5.74, 6) is 0. The van der Waals surface area contributed by atoms with Gasteiger partial charge in [-0.05, 0) is 33.2 Å². The normalized spacial score (nSPS) is 15.9. The van der Waals surface area contributed by atoms with Crippen molar-refractivity contribution < 1.29 is 4.74 Å². The minimum atomic E-state index is 0.560. The number of rotatable bonds is 8. The Morgan fingerprint density at radius 1 is 1.29 bits per heavy atom. The van der Waals surface area contributed by atoms with Crippen molar-refractivity contribution in [3.8, 4) is 0 Å². The fraction of sp³-hybridized carbons (Fsp3) is 1.00. The Kier molecular flexibility index (Phi) is 8.14. The van der Waals surface area contributed by atoms with Crippen molar-refractivity contribution in [2.24, 2.45) is 5.73 Å². The Labute approximate surface area is 88.6 Å². The Morgan fingerprint density at radius 2 is 1.93 bits per heavy atom. The Hall–Kier alpha value is -0.120. The van der Waals surface area contributed by atoms with Gasteiger partial charge in [0.15, 0.2) is 0 Å². The summed E-state index contributed by atoms with van der Waals surface area (Å²) in [6, 6.07) is 1.18. The van der Waals surface area contributed by atoms with Gasteiger partial charge in [-0.1, -0.05) is 6.92 Å². The molecule has 0 aromatic carbocycles. The third kappa shape index (κ3) is 4.94. The molecular weight excluding hydrogens is 176 g/mol. The zero-order valence-corrected chi connectivity index (χ0v) is 10.1. The average Bonchev–Trinajstić information content (AvgIpc) is 2.18.